The summed E-state index contributed by atoms with van der Waals surface area (Å²) in [4.78, 5) is 12.0. The molecule has 1 amide bonds. The van der Waals surface area contributed by atoms with Gasteiger partial charge in [0.1, 0.15) is 6.61 Å². The lowest BCUT2D eigenvalue weighted by Gasteiger charge is -2.09. The smallest absolute Gasteiger partial charge is 0.407 e. The monoisotopic (exact) mass is 425 g/mol. The van der Waals surface area contributed by atoms with Crippen LogP contribution in [0.4, 0.5) is 4.79 Å². The van der Waals surface area contributed by atoms with E-state index >= 15 is 0 Å². The summed E-state index contributed by atoms with van der Waals surface area (Å²) in [6.07, 6.45) is -0.526. The number of carbonyl (C=O) groups excluding carboxylic acids is 1. The first-order valence-electron chi connectivity index (χ1n) is 9.41. The van der Waals surface area contributed by atoms with Crippen molar-refractivity contribution in [1.29, 1.82) is 0 Å². The van der Waals surface area contributed by atoms with Gasteiger partial charge in [0, 0.05) is 6.54 Å². The van der Waals surface area contributed by atoms with E-state index in [2.05, 4.69) is 5.32 Å². The van der Waals surface area contributed by atoms with Gasteiger partial charge in [-0.15, -0.1) is 0 Å². The van der Waals surface area contributed by atoms with Crippen LogP contribution in [-0.2, 0) is 38.8 Å². The number of ether oxygens (including phenoxy) is 1. The van der Waals surface area contributed by atoms with Gasteiger partial charge in [-0.2, -0.15) is 8.42 Å². The first-order chi connectivity index (χ1) is 14.4. The molecule has 0 heterocycles. The molecule has 0 aromatic heterocycles. The van der Waals surface area contributed by atoms with Crippen LogP contribution in [0.1, 0.15) is 22.3 Å². The molecule has 3 rings (SSSR count). The van der Waals surface area contributed by atoms with Crippen molar-refractivity contribution in [2.45, 2.75) is 31.6 Å². The lowest BCUT2D eigenvalue weighted by molar-refractivity contribution is 0.139. The summed E-state index contributed by atoms with van der Waals surface area (Å²) in [7, 11) is -3.84. The Morgan fingerprint density at radius 3 is 2.23 bits per heavy atom. The van der Waals surface area contributed by atoms with Gasteiger partial charge in [0.25, 0.3) is 10.1 Å². The maximum Gasteiger partial charge on any atom is 0.407 e. The number of aryl methyl sites for hydroxylation is 1. The van der Waals surface area contributed by atoms with Gasteiger partial charge in [-0.05, 0) is 35.7 Å². The van der Waals surface area contributed by atoms with Gasteiger partial charge in [0.15, 0.2) is 0 Å². The van der Waals surface area contributed by atoms with Crippen LogP contribution in [0.2, 0.25) is 0 Å². The zero-order valence-electron chi connectivity index (χ0n) is 16.6. The highest BCUT2D eigenvalue weighted by Crippen LogP contribution is 2.16. The minimum Gasteiger partial charge on any atom is -0.445 e. The second kappa shape index (κ2) is 10.0. The molecule has 0 fully saturated rings. The number of carbonyl (C=O) groups is 1. The number of alkyl carbamates (subject to hydrolysis) is 1. The third-order valence-electron chi connectivity index (χ3n) is 4.33. The molecule has 0 spiro atoms. The van der Waals surface area contributed by atoms with E-state index in [-0.39, 0.29) is 24.7 Å². The van der Waals surface area contributed by atoms with Crippen LogP contribution < -0.4 is 5.32 Å². The third-order valence-corrected chi connectivity index (χ3v) is 5.61. The molecule has 0 saturated carbocycles. The molecule has 6 nitrogen and oxygen atoms in total. The van der Waals surface area contributed by atoms with Crippen molar-refractivity contribution >= 4 is 16.2 Å². The molecule has 0 radical (unpaired) electrons. The van der Waals surface area contributed by atoms with Gasteiger partial charge < -0.3 is 10.1 Å². The van der Waals surface area contributed by atoms with E-state index in [1.807, 2.05) is 43.3 Å². The summed E-state index contributed by atoms with van der Waals surface area (Å²) < 4.78 is 35.0. The van der Waals surface area contributed by atoms with E-state index < -0.39 is 16.2 Å². The molecule has 0 bridgehead atoms. The SMILES string of the molecule is Cc1ccc(S(=O)(=O)OCc2cccc(CNC(=O)OCc3ccccc3)c2)cc1. The predicted molar refractivity (Wildman–Crippen MR) is 113 cm³/mol. The summed E-state index contributed by atoms with van der Waals surface area (Å²) in [6.45, 7) is 2.24. The van der Waals surface area contributed by atoms with Crippen LogP contribution in [0.3, 0.4) is 0 Å². The number of benzene rings is 3. The van der Waals surface area contributed by atoms with Crippen molar-refractivity contribution in [2.24, 2.45) is 0 Å². The second-order valence-electron chi connectivity index (χ2n) is 6.76. The van der Waals surface area contributed by atoms with Gasteiger partial charge in [0.2, 0.25) is 0 Å². The van der Waals surface area contributed by atoms with Gasteiger partial charge in [-0.3, -0.25) is 4.18 Å². The molecule has 0 atom stereocenters. The average molecular weight is 426 g/mol. The molecule has 0 unspecified atom stereocenters. The van der Waals surface area contributed by atoms with Crippen molar-refractivity contribution in [3.05, 3.63) is 101 Å². The molecule has 156 valence electrons. The van der Waals surface area contributed by atoms with E-state index in [1.165, 1.54) is 12.1 Å². The van der Waals surface area contributed by atoms with Crippen LogP contribution in [0.25, 0.3) is 0 Å². The Balaban J connectivity index is 1.50. The maximum atomic E-state index is 12.3. The molecule has 1 N–H and O–H groups in total. The Bertz CT molecular complexity index is 1080. The lowest BCUT2D eigenvalue weighted by Crippen LogP contribution is -2.23. The Morgan fingerprint density at radius 1 is 0.833 bits per heavy atom. The molecular weight excluding hydrogens is 402 g/mol. The van der Waals surface area contributed by atoms with Gasteiger partial charge in [-0.1, -0.05) is 72.3 Å². The van der Waals surface area contributed by atoms with Crippen molar-refractivity contribution in [1.82, 2.24) is 5.32 Å². The highest BCUT2D eigenvalue weighted by molar-refractivity contribution is 7.86. The van der Waals surface area contributed by atoms with Crippen molar-refractivity contribution < 1.29 is 22.1 Å². The summed E-state index contributed by atoms with van der Waals surface area (Å²) in [5.74, 6) is 0. The Hall–Kier alpha value is -3.16. The van der Waals surface area contributed by atoms with Gasteiger partial charge in [-0.25, -0.2) is 4.79 Å². The summed E-state index contributed by atoms with van der Waals surface area (Å²) in [5, 5.41) is 2.68. The predicted octanol–water partition coefficient (Wildman–Crippen LogP) is 4.33. The van der Waals surface area contributed by atoms with Crippen molar-refractivity contribution in [2.75, 3.05) is 0 Å². The van der Waals surface area contributed by atoms with Gasteiger partial charge >= 0.3 is 6.09 Å². The molecule has 3 aromatic rings. The van der Waals surface area contributed by atoms with E-state index in [9.17, 15) is 13.2 Å². The first kappa shape index (κ1) is 21.5. The molecular formula is C23H23NO5S. The van der Waals surface area contributed by atoms with Crippen LogP contribution in [-0.4, -0.2) is 14.5 Å². The van der Waals surface area contributed by atoms with Crippen LogP contribution in [0, 0.1) is 6.92 Å². The van der Waals surface area contributed by atoms with Crippen LogP contribution in [0.15, 0.2) is 83.8 Å². The number of rotatable bonds is 8. The highest BCUT2D eigenvalue weighted by atomic mass is 32.2. The number of amides is 1. The van der Waals surface area contributed by atoms with E-state index in [0.29, 0.717) is 5.56 Å². The van der Waals surface area contributed by atoms with E-state index in [4.69, 9.17) is 8.92 Å². The molecule has 0 aliphatic heterocycles. The quantitative estimate of drug-likeness (QED) is 0.544. The van der Waals surface area contributed by atoms with Crippen LogP contribution >= 0.6 is 0 Å². The minimum atomic E-state index is -3.84. The Labute approximate surface area is 176 Å². The average Bonchev–Trinajstić information content (AvgIpc) is 2.76. The second-order valence-corrected chi connectivity index (χ2v) is 8.38. The molecule has 3 aromatic carbocycles. The van der Waals surface area contributed by atoms with Gasteiger partial charge in [0.05, 0.1) is 11.5 Å². The Morgan fingerprint density at radius 2 is 1.50 bits per heavy atom. The largest absolute Gasteiger partial charge is 0.445 e. The fourth-order valence-corrected chi connectivity index (χ4v) is 3.59. The fraction of sp³-hybridized carbons (Fsp3) is 0.174. The Kier molecular flexibility index (Phi) is 7.21. The molecule has 0 aliphatic rings. The number of nitrogens with one attached hydrogen (secondary N) is 1. The van der Waals surface area contributed by atoms with Crippen LogP contribution in [0.5, 0.6) is 0 Å². The minimum absolute atomic E-state index is 0.0947. The number of hydrogen-bond donors (Lipinski definition) is 1. The first-order valence-corrected chi connectivity index (χ1v) is 10.8. The summed E-state index contributed by atoms with van der Waals surface area (Å²) in [5.41, 5.74) is 3.36. The fourth-order valence-electron chi connectivity index (χ4n) is 2.70. The van der Waals surface area contributed by atoms with Crippen molar-refractivity contribution in [3.8, 4) is 0 Å². The summed E-state index contributed by atoms with van der Waals surface area (Å²) in [6, 6.07) is 23.0. The number of hydrogen-bond acceptors (Lipinski definition) is 5. The molecule has 7 heteroatoms. The topological polar surface area (TPSA) is 81.7 Å². The molecule has 0 saturated heterocycles. The lowest BCUT2D eigenvalue weighted by atomic mass is 10.1. The van der Waals surface area contributed by atoms with Crippen molar-refractivity contribution in [3.63, 3.8) is 0 Å². The zero-order chi connectivity index (χ0) is 21.4. The highest BCUT2D eigenvalue weighted by Gasteiger charge is 2.15. The third kappa shape index (κ3) is 6.43. The molecule has 30 heavy (non-hydrogen) atoms. The normalized spacial score (nSPS) is 11.1. The van der Waals surface area contributed by atoms with E-state index in [0.717, 1.165) is 16.7 Å². The maximum absolute atomic E-state index is 12.3. The zero-order valence-corrected chi connectivity index (χ0v) is 17.4. The van der Waals surface area contributed by atoms with E-state index in [1.54, 1.807) is 30.3 Å². The summed E-state index contributed by atoms with van der Waals surface area (Å²) >= 11 is 0. The standard InChI is InChI=1S/C23H23NO5S/c1-18-10-12-22(13-11-18)30(26,27)29-17-21-9-5-8-20(14-21)15-24-23(25)28-16-19-6-3-2-4-7-19/h2-14H,15-17H2,1H3,(H,24,25). The molecule has 0 aliphatic carbocycles.